The summed E-state index contributed by atoms with van der Waals surface area (Å²) in [6.07, 6.45) is 2.50. The molecule has 92 valence electrons. The van der Waals surface area contributed by atoms with Crippen molar-refractivity contribution in [3.8, 4) is 0 Å². The Morgan fingerprint density at radius 1 is 1.53 bits per heavy atom. The van der Waals surface area contributed by atoms with Crippen LogP contribution in [0.15, 0.2) is 5.38 Å². The number of aromatic nitrogens is 1. The van der Waals surface area contributed by atoms with Crippen LogP contribution in [0.1, 0.15) is 31.4 Å². The summed E-state index contributed by atoms with van der Waals surface area (Å²) in [7, 11) is 0. The van der Waals surface area contributed by atoms with Crippen LogP contribution in [0.4, 0.5) is 5.13 Å². The summed E-state index contributed by atoms with van der Waals surface area (Å²) >= 11 is 1.54. The first-order valence-corrected chi connectivity index (χ1v) is 7.09. The predicted molar refractivity (Wildman–Crippen MR) is 68.2 cm³/mol. The molecule has 1 aliphatic heterocycles. The molecular formula is C12H17N3OS. The summed E-state index contributed by atoms with van der Waals surface area (Å²) in [5.74, 6) is 1.27. The summed E-state index contributed by atoms with van der Waals surface area (Å²) in [6, 6.07) is 0. The molecule has 4 nitrogen and oxygen atoms in total. The fourth-order valence-corrected chi connectivity index (χ4v) is 3.06. The van der Waals surface area contributed by atoms with Crippen LogP contribution in [-0.2, 0) is 4.79 Å². The molecule has 1 amide bonds. The molecule has 1 aromatic heterocycles. The standard InChI is InChI=1S/C12H17N3OS/c1-7-4-13-5-9(7)11(16)15-12-14-10(6-17-12)8-2-3-8/h6-9,13H,2-5H2,1H3,(H,14,15,16). The summed E-state index contributed by atoms with van der Waals surface area (Å²) < 4.78 is 0. The van der Waals surface area contributed by atoms with E-state index in [1.165, 1.54) is 12.8 Å². The lowest BCUT2D eigenvalue weighted by Gasteiger charge is -2.12. The minimum atomic E-state index is 0.0864. The first-order chi connectivity index (χ1) is 8.24. The molecule has 2 heterocycles. The summed E-state index contributed by atoms with van der Waals surface area (Å²) in [5, 5.41) is 9.02. The van der Waals surface area contributed by atoms with Gasteiger partial charge in [-0.1, -0.05) is 6.92 Å². The molecule has 2 atom stereocenters. The monoisotopic (exact) mass is 251 g/mol. The van der Waals surface area contributed by atoms with Crippen LogP contribution < -0.4 is 10.6 Å². The predicted octanol–water partition coefficient (Wildman–Crippen LogP) is 1.81. The van der Waals surface area contributed by atoms with Crippen LogP contribution in [0.25, 0.3) is 0 Å². The maximum absolute atomic E-state index is 12.0. The zero-order chi connectivity index (χ0) is 11.8. The van der Waals surface area contributed by atoms with Gasteiger partial charge in [-0.2, -0.15) is 0 Å². The van der Waals surface area contributed by atoms with Crippen LogP contribution in [0, 0.1) is 11.8 Å². The molecule has 5 heteroatoms. The number of rotatable bonds is 3. The van der Waals surface area contributed by atoms with Crippen molar-refractivity contribution < 1.29 is 4.79 Å². The number of amides is 1. The number of anilines is 1. The van der Waals surface area contributed by atoms with Gasteiger partial charge in [0, 0.05) is 17.8 Å². The van der Waals surface area contributed by atoms with Crippen molar-refractivity contribution in [3.63, 3.8) is 0 Å². The highest BCUT2D eigenvalue weighted by molar-refractivity contribution is 7.13. The van der Waals surface area contributed by atoms with Gasteiger partial charge < -0.3 is 10.6 Å². The molecule has 0 aromatic carbocycles. The highest BCUT2D eigenvalue weighted by Crippen LogP contribution is 2.40. The van der Waals surface area contributed by atoms with Gasteiger partial charge in [-0.15, -0.1) is 11.3 Å². The number of nitrogens with zero attached hydrogens (tertiary/aromatic N) is 1. The molecule has 1 saturated carbocycles. The lowest BCUT2D eigenvalue weighted by molar-refractivity contribution is -0.120. The van der Waals surface area contributed by atoms with E-state index in [0.29, 0.717) is 11.8 Å². The third-order valence-electron chi connectivity index (χ3n) is 3.60. The van der Waals surface area contributed by atoms with Gasteiger partial charge in [-0.25, -0.2) is 4.98 Å². The van der Waals surface area contributed by atoms with Crippen molar-refractivity contribution in [2.45, 2.75) is 25.7 Å². The topological polar surface area (TPSA) is 54.0 Å². The highest BCUT2D eigenvalue weighted by Gasteiger charge is 2.30. The molecule has 1 aromatic rings. The van der Waals surface area contributed by atoms with Crippen molar-refractivity contribution in [1.82, 2.24) is 10.3 Å². The summed E-state index contributed by atoms with van der Waals surface area (Å²) in [4.78, 5) is 16.5. The van der Waals surface area contributed by atoms with Gasteiger partial charge in [-0.3, -0.25) is 4.79 Å². The van der Waals surface area contributed by atoms with E-state index < -0.39 is 0 Å². The maximum atomic E-state index is 12.0. The number of hydrogen-bond donors (Lipinski definition) is 2. The molecule has 1 aliphatic carbocycles. The Bertz CT molecular complexity index is 427. The third-order valence-corrected chi connectivity index (χ3v) is 4.38. The Hall–Kier alpha value is -0.940. The van der Waals surface area contributed by atoms with E-state index in [1.54, 1.807) is 11.3 Å². The number of hydrogen-bond acceptors (Lipinski definition) is 4. The molecule has 0 bridgehead atoms. The van der Waals surface area contributed by atoms with Gasteiger partial charge in [0.15, 0.2) is 5.13 Å². The largest absolute Gasteiger partial charge is 0.316 e. The van der Waals surface area contributed by atoms with E-state index in [1.807, 2.05) is 0 Å². The van der Waals surface area contributed by atoms with E-state index in [0.717, 1.165) is 23.9 Å². The van der Waals surface area contributed by atoms with E-state index >= 15 is 0 Å². The SMILES string of the molecule is CC1CNCC1C(=O)Nc1nc(C2CC2)cs1. The molecule has 2 fully saturated rings. The summed E-state index contributed by atoms with van der Waals surface area (Å²) in [6.45, 7) is 3.83. The molecule has 17 heavy (non-hydrogen) atoms. The Balaban J connectivity index is 1.63. The fraction of sp³-hybridized carbons (Fsp3) is 0.667. The zero-order valence-electron chi connectivity index (χ0n) is 9.90. The van der Waals surface area contributed by atoms with Gasteiger partial charge in [0.05, 0.1) is 11.6 Å². The average Bonchev–Trinajstić information content (AvgIpc) is 2.90. The first-order valence-electron chi connectivity index (χ1n) is 6.21. The zero-order valence-corrected chi connectivity index (χ0v) is 10.7. The van der Waals surface area contributed by atoms with Gasteiger partial charge in [0.25, 0.3) is 0 Å². The van der Waals surface area contributed by atoms with Gasteiger partial charge >= 0.3 is 0 Å². The number of carbonyl (C=O) groups excluding carboxylic acids is 1. The van der Waals surface area contributed by atoms with Gasteiger partial charge in [0.1, 0.15) is 0 Å². The van der Waals surface area contributed by atoms with Crippen LogP contribution >= 0.6 is 11.3 Å². The Morgan fingerprint density at radius 2 is 2.35 bits per heavy atom. The Kier molecular flexibility index (Phi) is 2.88. The second-order valence-corrected chi connectivity index (χ2v) is 5.94. The number of nitrogens with one attached hydrogen (secondary N) is 2. The normalized spacial score (nSPS) is 28.3. The summed E-state index contributed by atoms with van der Waals surface area (Å²) in [5.41, 5.74) is 1.16. The van der Waals surface area contributed by atoms with Crippen LogP contribution in [0.2, 0.25) is 0 Å². The minimum absolute atomic E-state index is 0.0864. The van der Waals surface area contributed by atoms with Gasteiger partial charge in [-0.05, 0) is 25.3 Å². The van der Waals surface area contributed by atoms with Crippen molar-refractivity contribution in [3.05, 3.63) is 11.1 Å². The molecular weight excluding hydrogens is 234 g/mol. The fourth-order valence-electron chi connectivity index (χ4n) is 2.27. The van der Waals surface area contributed by atoms with Crippen molar-refractivity contribution in [2.75, 3.05) is 18.4 Å². The van der Waals surface area contributed by atoms with E-state index in [9.17, 15) is 4.79 Å². The lowest BCUT2D eigenvalue weighted by atomic mass is 9.97. The smallest absolute Gasteiger partial charge is 0.230 e. The minimum Gasteiger partial charge on any atom is -0.316 e. The lowest BCUT2D eigenvalue weighted by Crippen LogP contribution is -2.27. The quantitative estimate of drug-likeness (QED) is 0.861. The molecule has 2 unspecified atom stereocenters. The molecule has 2 aliphatic rings. The number of thiazole rings is 1. The Labute approximate surface area is 105 Å². The number of carbonyl (C=O) groups is 1. The van der Waals surface area contributed by atoms with E-state index in [-0.39, 0.29) is 11.8 Å². The second kappa shape index (κ2) is 4.38. The molecule has 1 saturated heterocycles. The second-order valence-electron chi connectivity index (χ2n) is 5.08. The third kappa shape index (κ3) is 2.35. The molecule has 3 rings (SSSR count). The van der Waals surface area contributed by atoms with Crippen molar-refractivity contribution in [2.24, 2.45) is 11.8 Å². The van der Waals surface area contributed by atoms with Crippen LogP contribution in [0.5, 0.6) is 0 Å². The molecule has 0 spiro atoms. The highest BCUT2D eigenvalue weighted by atomic mass is 32.1. The van der Waals surface area contributed by atoms with Crippen LogP contribution in [-0.4, -0.2) is 24.0 Å². The Morgan fingerprint density at radius 3 is 3.00 bits per heavy atom. The van der Waals surface area contributed by atoms with Crippen molar-refractivity contribution >= 4 is 22.4 Å². The maximum Gasteiger partial charge on any atom is 0.230 e. The molecule has 2 N–H and O–H groups in total. The van der Waals surface area contributed by atoms with Gasteiger partial charge in [0.2, 0.25) is 5.91 Å². The van der Waals surface area contributed by atoms with E-state index in [4.69, 9.17) is 0 Å². The van der Waals surface area contributed by atoms with E-state index in [2.05, 4.69) is 27.9 Å². The first kappa shape index (κ1) is 11.2. The van der Waals surface area contributed by atoms with Crippen molar-refractivity contribution in [1.29, 1.82) is 0 Å². The molecule has 0 radical (unpaired) electrons. The average molecular weight is 251 g/mol. The van der Waals surface area contributed by atoms with Crippen LogP contribution in [0.3, 0.4) is 0 Å².